The summed E-state index contributed by atoms with van der Waals surface area (Å²) in [5, 5.41) is 7.01. The molecule has 0 heterocycles. The van der Waals surface area contributed by atoms with Crippen molar-refractivity contribution in [1.29, 1.82) is 0 Å². The molecule has 3 N–H and O–H groups in total. The number of thiocarbonyl (C=S) groups is 1. The van der Waals surface area contributed by atoms with Crippen molar-refractivity contribution in [2.75, 3.05) is 0 Å². The molecule has 126 valence electrons. The Hall–Kier alpha value is -2.63. The molecule has 0 aromatic heterocycles. The van der Waals surface area contributed by atoms with E-state index in [-0.39, 0.29) is 5.11 Å². The highest BCUT2D eigenvalue weighted by molar-refractivity contribution is 7.80. The van der Waals surface area contributed by atoms with Crippen LogP contribution in [-0.4, -0.2) is 11.3 Å². The SMILES string of the molecule is NC(=S)NN=Cc1cc(Cl)ccc1OCc1cccc2ccccc12. The van der Waals surface area contributed by atoms with Crippen LogP contribution >= 0.6 is 23.8 Å². The zero-order valence-corrected chi connectivity index (χ0v) is 14.8. The number of nitrogens with two attached hydrogens (primary N) is 1. The van der Waals surface area contributed by atoms with Gasteiger partial charge in [-0.2, -0.15) is 5.10 Å². The highest BCUT2D eigenvalue weighted by atomic mass is 35.5. The van der Waals surface area contributed by atoms with Crippen LogP contribution in [0.1, 0.15) is 11.1 Å². The van der Waals surface area contributed by atoms with Crippen LogP contribution in [-0.2, 0) is 6.61 Å². The molecule has 0 unspecified atom stereocenters. The molecule has 0 bridgehead atoms. The Morgan fingerprint density at radius 1 is 1.16 bits per heavy atom. The first-order chi connectivity index (χ1) is 12.1. The molecule has 4 nitrogen and oxygen atoms in total. The fourth-order valence-corrected chi connectivity index (χ4v) is 2.72. The van der Waals surface area contributed by atoms with Crippen LogP contribution in [0.2, 0.25) is 5.02 Å². The first-order valence-corrected chi connectivity index (χ1v) is 8.39. The zero-order chi connectivity index (χ0) is 17.6. The molecule has 0 radical (unpaired) electrons. The minimum Gasteiger partial charge on any atom is -0.488 e. The van der Waals surface area contributed by atoms with Crippen molar-refractivity contribution in [3.8, 4) is 5.75 Å². The number of nitrogens with zero attached hydrogens (tertiary/aromatic N) is 1. The summed E-state index contributed by atoms with van der Waals surface area (Å²) in [4.78, 5) is 0. The third-order valence-corrected chi connectivity index (χ3v) is 3.94. The molecule has 3 rings (SSSR count). The quantitative estimate of drug-likeness (QED) is 0.401. The summed E-state index contributed by atoms with van der Waals surface area (Å²) in [6.07, 6.45) is 1.57. The van der Waals surface area contributed by atoms with Gasteiger partial charge >= 0.3 is 0 Å². The van der Waals surface area contributed by atoms with Crippen LogP contribution in [0.4, 0.5) is 0 Å². The van der Waals surface area contributed by atoms with E-state index in [0.29, 0.717) is 17.4 Å². The van der Waals surface area contributed by atoms with Gasteiger partial charge in [-0.25, -0.2) is 0 Å². The van der Waals surface area contributed by atoms with Crippen molar-refractivity contribution in [3.63, 3.8) is 0 Å². The predicted molar refractivity (Wildman–Crippen MR) is 107 cm³/mol. The molecule has 3 aromatic rings. The first kappa shape index (κ1) is 17.2. The van der Waals surface area contributed by atoms with Crippen LogP contribution in [0.5, 0.6) is 5.75 Å². The first-order valence-electron chi connectivity index (χ1n) is 7.61. The Bertz CT molecular complexity index is 938. The van der Waals surface area contributed by atoms with E-state index in [0.717, 1.165) is 11.1 Å². The summed E-state index contributed by atoms with van der Waals surface area (Å²) < 4.78 is 6.00. The standard InChI is InChI=1S/C19H16ClN3OS/c20-16-8-9-18(15(10-16)11-22-23-19(21)25)24-12-14-6-3-5-13-4-1-2-7-17(13)14/h1-11H,12H2,(H3,21,23,25). The molecule has 0 fully saturated rings. The fraction of sp³-hybridized carbons (Fsp3) is 0.0526. The lowest BCUT2D eigenvalue weighted by molar-refractivity contribution is 0.307. The Morgan fingerprint density at radius 3 is 2.80 bits per heavy atom. The Morgan fingerprint density at radius 2 is 1.96 bits per heavy atom. The van der Waals surface area contributed by atoms with Crippen LogP contribution in [0, 0.1) is 0 Å². The van der Waals surface area contributed by atoms with Crippen LogP contribution in [0.15, 0.2) is 65.8 Å². The maximum Gasteiger partial charge on any atom is 0.184 e. The van der Waals surface area contributed by atoms with Crippen LogP contribution < -0.4 is 15.9 Å². The number of hydrogen-bond acceptors (Lipinski definition) is 3. The maximum absolute atomic E-state index is 6.07. The average Bonchev–Trinajstić information content (AvgIpc) is 2.61. The minimum atomic E-state index is 0.0940. The van der Waals surface area contributed by atoms with Gasteiger partial charge in [-0.1, -0.05) is 54.1 Å². The molecular formula is C19H16ClN3OS. The van der Waals surface area contributed by atoms with Gasteiger partial charge in [0.2, 0.25) is 0 Å². The van der Waals surface area contributed by atoms with Crippen molar-refractivity contribution in [2.24, 2.45) is 10.8 Å². The van der Waals surface area contributed by atoms with E-state index < -0.39 is 0 Å². The molecule has 0 aliphatic heterocycles. The monoisotopic (exact) mass is 369 g/mol. The molecule has 0 aliphatic rings. The van der Waals surface area contributed by atoms with E-state index in [1.165, 1.54) is 10.8 Å². The molecule has 6 heteroatoms. The maximum atomic E-state index is 6.07. The molecule has 0 saturated heterocycles. The number of rotatable bonds is 5. The summed E-state index contributed by atoms with van der Waals surface area (Å²) in [5.74, 6) is 0.672. The van der Waals surface area contributed by atoms with Gasteiger partial charge < -0.3 is 10.5 Å². The Balaban J connectivity index is 1.83. The van der Waals surface area contributed by atoms with Crippen LogP contribution in [0.25, 0.3) is 10.8 Å². The summed E-state index contributed by atoms with van der Waals surface area (Å²) in [6.45, 7) is 0.437. The molecule has 0 aliphatic carbocycles. The number of halogens is 1. The molecular weight excluding hydrogens is 354 g/mol. The van der Waals surface area contributed by atoms with E-state index in [9.17, 15) is 0 Å². The fourth-order valence-electron chi connectivity index (χ4n) is 2.49. The van der Waals surface area contributed by atoms with Crippen molar-refractivity contribution >= 4 is 45.9 Å². The number of hydrogen-bond donors (Lipinski definition) is 2. The lowest BCUT2D eigenvalue weighted by Crippen LogP contribution is -2.24. The van der Waals surface area contributed by atoms with E-state index in [1.54, 1.807) is 18.3 Å². The predicted octanol–water partition coefficient (Wildman–Crippen LogP) is 4.24. The molecule has 0 amide bonds. The highest BCUT2D eigenvalue weighted by Gasteiger charge is 2.06. The third kappa shape index (κ3) is 4.47. The molecule has 3 aromatic carbocycles. The van der Waals surface area contributed by atoms with Gasteiger partial charge in [-0.05, 0) is 46.8 Å². The highest BCUT2D eigenvalue weighted by Crippen LogP contribution is 2.24. The largest absolute Gasteiger partial charge is 0.488 e. The second-order valence-corrected chi connectivity index (χ2v) is 6.22. The Kier molecular flexibility index (Phi) is 5.48. The number of ether oxygens (including phenoxy) is 1. The van der Waals surface area contributed by atoms with E-state index >= 15 is 0 Å². The third-order valence-electron chi connectivity index (χ3n) is 3.61. The second kappa shape index (κ2) is 7.96. The molecule has 0 spiro atoms. The summed E-state index contributed by atoms with van der Waals surface area (Å²) in [5.41, 5.74) is 9.72. The lowest BCUT2D eigenvalue weighted by Gasteiger charge is -2.11. The van der Waals surface area contributed by atoms with Gasteiger partial charge in [-0.15, -0.1) is 0 Å². The number of nitrogens with one attached hydrogen (secondary N) is 1. The van der Waals surface area contributed by atoms with Gasteiger partial charge in [0.25, 0.3) is 0 Å². The number of fused-ring (bicyclic) bond motifs is 1. The van der Waals surface area contributed by atoms with Gasteiger partial charge in [-0.3, -0.25) is 5.43 Å². The lowest BCUT2D eigenvalue weighted by atomic mass is 10.1. The van der Waals surface area contributed by atoms with E-state index in [2.05, 4.69) is 34.8 Å². The van der Waals surface area contributed by atoms with Crippen LogP contribution in [0.3, 0.4) is 0 Å². The van der Waals surface area contributed by atoms with E-state index in [4.69, 9.17) is 34.3 Å². The normalized spacial score (nSPS) is 10.9. The van der Waals surface area contributed by atoms with Gasteiger partial charge in [0.15, 0.2) is 5.11 Å². The van der Waals surface area contributed by atoms with Gasteiger partial charge in [0.05, 0.1) is 6.21 Å². The number of hydrazone groups is 1. The molecule has 0 saturated carbocycles. The van der Waals surface area contributed by atoms with Gasteiger partial charge in [0.1, 0.15) is 12.4 Å². The van der Waals surface area contributed by atoms with Crippen molar-refractivity contribution in [1.82, 2.24) is 5.43 Å². The molecule has 25 heavy (non-hydrogen) atoms. The topological polar surface area (TPSA) is 59.6 Å². The smallest absolute Gasteiger partial charge is 0.184 e. The van der Waals surface area contributed by atoms with Gasteiger partial charge in [0, 0.05) is 10.6 Å². The van der Waals surface area contributed by atoms with Crippen molar-refractivity contribution in [3.05, 3.63) is 76.8 Å². The minimum absolute atomic E-state index is 0.0940. The number of benzene rings is 3. The zero-order valence-electron chi connectivity index (χ0n) is 13.3. The average molecular weight is 370 g/mol. The van der Waals surface area contributed by atoms with Crippen molar-refractivity contribution in [2.45, 2.75) is 6.61 Å². The summed E-state index contributed by atoms with van der Waals surface area (Å²) >= 11 is 10.8. The summed E-state index contributed by atoms with van der Waals surface area (Å²) in [6, 6.07) is 19.7. The second-order valence-electron chi connectivity index (χ2n) is 5.34. The molecule has 0 atom stereocenters. The summed E-state index contributed by atoms with van der Waals surface area (Å²) in [7, 11) is 0. The Labute approximate surface area is 156 Å². The van der Waals surface area contributed by atoms with Crippen molar-refractivity contribution < 1.29 is 4.74 Å². The van der Waals surface area contributed by atoms with E-state index in [1.807, 2.05) is 24.3 Å².